The molecular formula is C17H32N2O. The second kappa shape index (κ2) is 9.38. The van der Waals surface area contributed by atoms with Gasteiger partial charge in [-0.1, -0.05) is 32.1 Å². The van der Waals surface area contributed by atoms with E-state index in [1.165, 1.54) is 57.9 Å². The predicted octanol–water partition coefficient (Wildman–Crippen LogP) is 3.24. The first-order chi connectivity index (χ1) is 9.84. The van der Waals surface area contributed by atoms with Gasteiger partial charge in [0.15, 0.2) is 0 Å². The lowest BCUT2D eigenvalue weighted by atomic mass is 9.86. The zero-order valence-corrected chi connectivity index (χ0v) is 13.0. The van der Waals surface area contributed by atoms with E-state index in [0.29, 0.717) is 0 Å². The number of nitrogens with one attached hydrogen (secondary N) is 2. The minimum atomic E-state index is 0.268. The molecule has 116 valence electrons. The van der Waals surface area contributed by atoms with E-state index in [4.69, 9.17) is 0 Å². The largest absolute Gasteiger partial charge is 0.356 e. The third kappa shape index (κ3) is 6.25. The van der Waals surface area contributed by atoms with Gasteiger partial charge in [0.25, 0.3) is 0 Å². The van der Waals surface area contributed by atoms with E-state index in [1.54, 1.807) is 0 Å². The topological polar surface area (TPSA) is 41.1 Å². The van der Waals surface area contributed by atoms with Crippen molar-refractivity contribution in [3.8, 4) is 0 Å². The predicted molar refractivity (Wildman–Crippen MR) is 83.6 cm³/mol. The van der Waals surface area contributed by atoms with Gasteiger partial charge in [-0.15, -0.1) is 0 Å². The van der Waals surface area contributed by atoms with E-state index < -0.39 is 0 Å². The van der Waals surface area contributed by atoms with Gasteiger partial charge in [0.1, 0.15) is 0 Å². The van der Waals surface area contributed by atoms with Gasteiger partial charge in [-0.05, 0) is 57.0 Å². The molecular weight excluding hydrogens is 248 g/mol. The summed E-state index contributed by atoms with van der Waals surface area (Å²) in [5, 5.41) is 6.53. The van der Waals surface area contributed by atoms with E-state index in [-0.39, 0.29) is 5.91 Å². The van der Waals surface area contributed by atoms with Gasteiger partial charge < -0.3 is 10.6 Å². The van der Waals surface area contributed by atoms with Crippen molar-refractivity contribution in [3.05, 3.63) is 0 Å². The summed E-state index contributed by atoms with van der Waals surface area (Å²) in [7, 11) is 0. The number of hydrogen-bond donors (Lipinski definition) is 2. The summed E-state index contributed by atoms with van der Waals surface area (Å²) < 4.78 is 0. The maximum absolute atomic E-state index is 11.8. The van der Waals surface area contributed by atoms with Crippen molar-refractivity contribution in [2.45, 2.75) is 70.6 Å². The van der Waals surface area contributed by atoms with Gasteiger partial charge in [0.05, 0.1) is 0 Å². The second-order valence-corrected chi connectivity index (χ2v) is 6.75. The lowest BCUT2D eigenvalue weighted by Crippen LogP contribution is -2.33. The third-order valence-corrected chi connectivity index (χ3v) is 5.01. The van der Waals surface area contributed by atoms with Crippen molar-refractivity contribution in [2.75, 3.05) is 19.6 Å². The molecule has 2 N–H and O–H groups in total. The maximum Gasteiger partial charge on any atom is 0.219 e. The average Bonchev–Trinajstić information content (AvgIpc) is 2.49. The number of piperidine rings is 1. The fraction of sp³-hybridized carbons (Fsp3) is 0.941. The zero-order valence-electron chi connectivity index (χ0n) is 13.0. The Balaban J connectivity index is 1.45. The fourth-order valence-electron chi connectivity index (χ4n) is 3.70. The first kappa shape index (κ1) is 15.8. The molecule has 1 heterocycles. The number of carbonyl (C=O) groups is 1. The molecule has 1 unspecified atom stereocenters. The van der Waals surface area contributed by atoms with Crippen molar-refractivity contribution < 1.29 is 4.79 Å². The van der Waals surface area contributed by atoms with Crippen LogP contribution in [0.25, 0.3) is 0 Å². The Labute approximate surface area is 124 Å². The molecule has 1 saturated heterocycles. The van der Waals surface area contributed by atoms with Crippen LogP contribution in [-0.4, -0.2) is 25.5 Å². The molecule has 3 heteroatoms. The fourth-order valence-corrected chi connectivity index (χ4v) is 3.70. The van der Waals surface area contributed by atoms with Crippen LogP contribution in [0.3, 0.4) is 0 Å². The number of hydrogen-bond acceptors (Lipinski definition) is 2. The Morgan fingerprint density at radius 2 is 1.80 bits per heavy atom. The summed E-state index contributed by atoms with van der Waals surface area (Å²) in [6.07, 6.45) is 13.9. The van der Waals surface area contributed by atoms with E-state index in [1.807, 2.05) is 0 Å². The molecule has 1 atom stereocenters. The Bertz CT molecular complexity index is 242. The zero-order chi connectivity index (χ0) is 14.0. The first-order valence-corrected chi connectivity index (χ1v) is 8.82. The molecule has 1 aliphatic heterocycles. The van der Waals surface area contributed by atoms with Crippen molar-refractivity contribution in [1.82, 2.24) is 10.6 Å². The Morgan fingerprint density at radius 1 is 1.00 bits per heavy atom. The van der Waals surface area contributed by atoms with Crippen molar-refractivity contribution in [1.29, 1.82) is 0 Å². The van der Waals surface area contributed by atoms with Crippen molar-refractivity contribution in [2.24, 2.45) is 11.8 Å². The Hall–Kier alpha value is -0.570. The normalized spacial score (nSPS) is 24.5. The standard InChI is InChI=1S/C17H32N2O/c20-17(10-4-8-15-6-2-1-3-7-15)19-13-11-16-9-5-12-18-14-16/h15-16,18H,1-14H2,(H,19,20). The highest BCUT2D eigenvalue weighted by molar-refractivity contribution is 5.75. The van der Waals surface area contributed by atoms with E-state index in [2.05, 4.69) is 10.6 Å². The summed E-state index contributed by atoms with van der Waals surface area (Å²) in [6.45, 7) is 3.18. The molecule has 1 amide bonds. The molecule has 0 radical (unpaired) electrons. The van der Waals surface area contributed by atoms with Crippen LogP contribution >= 0.6 is 0 Å². The molecule has 0 aromatic carbocycles. The van der Waals surface area contributed by atoms with Crippen LogP contribution < -0.4 is 10.6 Å². The van der Waals surface area contributed by atoms with Crippen LogP contribution in [0.4, 0.5) is 0 Å². The van der Waals surface area contributed by atoms with Crippen LogP contribution in [-0.2, 0) is 4.79 Å². The molecule has 0 spiro atoms. The lowest BCUT2D eigenvalue weighted by molar-refractivity contribution is -0.121. The summed E-state index contributed by atoms with van der Waals surface area (Å²) in [4.78, 5) is 11.8. The van der Waals surface area contributed by atoms with Gasteiger partial charge in [-0.2, -0.15) is 0 Å². The SMILES string of the molecule is O=C(CCCC1CCCCC1)NCCC1CCCNC1. The molecule has 1 aliphatic carbocycles. The van der Waals surface area contributed by atoms with Crippen LogP contribution in [0, 0.1) is 11.8 Å². The minimum absolute atomic E-state index is 0.268. The molecule has 3 nitrogen and oxygen atoms in total. The highest BCUT2D eigenvalue weighted by atomic mass is 16.1. The first-order valence-electron chi connectivity index (χ1n) is 8.82. The monoisotopic (exact) mass is 280 g/mol. The molecule has 1 saturated carbocycles. The smallest absolute Gasteiger partial charge is 0.219 e. The summed E-state index contributed by atoms with van der Waals surface area (Å²) >= 11 is 0. The molecule has 0 bridgehead atoms. The van der Waals surface area contributed by atoms with E-state index >= 15 is 0 Å². The third-order valence-electron chi connectivity index (χ3n) is 5.01. The van der Waals surface area contributed by atoms with Crippen molar-refractivity contribution in [3.63, 3.8) is 0 Å². The Kier molecular flexibility index (Phi) is 7.42. The molecule has 0 aromatic heterocycles. The minimum Gasteiger partial charge on any atom is -0.356 e. The van der Waals surface area contributed by atoms with Gasteiger partial charge in [-0.3, -0.25) is 4.79 Å². The number of amides is 1. The Morgan fingerprint density at radius 3 is 2.55 bits per heavy atom. The average molecular weight is 280 g/mol. The highest BCUT2D eigenvalue weighted by Crippen LogP contribution is 2.27. The van der Waals surface area contributed by atoms with E-state index in [0.717, 1.165) is 44.2 Å². The molecule has 2 fully saturated rings. The molecule has 20 heavy (non-hydrogen) atoms. The van der Waals surface area contributed by atoms with Crippen LogP contribution in [0.2, 0.25) is 0 Å². The summed E-state index contributed by atoms with van der Waals surface area (Å²) in [5.74, 6) is 1.95. The van der Waals surface area contributed by atoms with Gasteiger partial charge in [0.2, 0.25) is 5.91 Å². The van der Waals surface area contributed by atoms with Crippen LogP contribution in [0.15, 0.2) is 0 Å². The van der Waals surface area contributed by atoms with Crippen LogP contribution in [0.5, 0.6) is 0 Å². The number of rotatable bonds is 7. The van der Waals surface area contributed by atoms with Gasteiger partial charge >= 0.3 is 0 Å². The second-order valence-electron chi connectivity index (χ2n) is 6.75. The quantitative estimate of drug-likeness (QED) is 0.751. The van der Waals surface area contributed by atoms with Crippen LogP contribution in [0.1, 0.15) is 70.6 Å². The highest BCUT2D eigenvalue weighted by Gasteiger charge is 2.14. The van der Waals surface area contributed by atoms with Gasteiger partial charge in [-0.25, -0.2) is 0 Å². The molecule has 2 rings (SSSR count). The van der Waals surface area contributed by atoms with E-state index in [9.17, 15) is 4.79 Å². The molecule has 0 aromatic rings. The number of carbonyl (C=O) groups excluding carboxylic acids is 1. The summed E-state index contributed by atoms with van der Waals surface area (Å²) in [5.41, 5.74) is 0. The molecule has 2 aliphatic rings. The van der Waals surface area contributed by atoms with Crippen molar-refractivity contribution >= 4 is 5.91 Å². The summed E-state index contributed by atoms with van der Waals surface area (Å²) in [6, 6.07) is 0. The lowest BCUT2D eigenvalue weighted by Gasteiger charge is -2.22. The maximum atomic E-state index is 11.8. The van der Waals surface area contributed by atoms with Gasteiger partial charge in [0, 0.05) is 13.0 Å².